The largest absolute Gasteiger partial charge is 0.358 e. The van der Waals surface area contributed by atoms with Gasteiger partial charge in [0.25, 0.3) is 0 Å². The summed E-state index contributed by atoms with van der Waals surface area (Å²) in [5, 5.41) is 2.55. The Morgan fingerprint density at radius 2 is 1.82 bits per heavy atom. The normalized spacial score (nSPS) is 11.5. The van der Waals surface area contributed by atoms with Crippen molar-refractivity contribution in [2.45, 2.75) is 11.3 Å². The average molecular weight is 256 g/mol. The third kappa shape index (κ3) is 3.54. The Balaban J connectivity index is 2.78. The molecule has 17 heavy (non-hydrogen) atoms. The molecule has 5 nitrogen and oxygen atoms in total. The van der Waals surface area contributed by atoms with Crippen LogP contribution in [0.3, 0.4) is 0 Å². The summed E-state index contributed by atoms with van der Waals surface area (Å²) in [6.45, 7) is 0.545. The molecule has 1 aromatic carbocycles. The molecule has 0 aromatic heterocycles. The van der Waals surface area contributed by atoms with E-state index in [1.165, 1.54) is 18.4 Å². The summed E-state index contributed by atoms with van der Waals surface area (Å²) in [4.78, 5) is 10.3. The molecule has 0 radical (unpaired) electrons. The van der Waals surface area contributed by atoms with Crippen LogP contribution >= 0.6 is 0 Å². The molecule has 1 rings (SSSR count). The van der Waals surface area contributed by atoms with E-state index < -0.39 is 10.0 Å². The van der Waals surface area contributed by atoms with Crippen LogP contribution < -0.4 is 5.32 Å². The van der Waals surface area contributed by atoms with Crippen LogP contribution in [0.2, 0.25) is 0 Å². The van der Waals surface area contributed by atoms with Crippen LogP contribution in [0.25, 0.3) is 0 Å². The van der Waals surface area contributed by atoms with Gasteiger partial charge in [0.1, 0.15) is 0 Å². The maximum atomic E-state index is 11.8. The number of sulfonamides is 1. The van der Waals surface area contributed by atoms with Crippen molar-refractivity contribution in [3.05, 3.63) is 29.8 Å². The number of carbonyl (C=O) groups is 1. The summed E-state index contributed by atoms with van der Waals surface area (Å²) in [6.07, 6.45) is 1.33. The van der Waals surface area contributed by atoms with Crippen molar-refractivity contribution in [1.29, 1.82) is 0 Å². The summed E-state index contributed by atoms with van der Waals surface area (Å²) in [5.41, 5.74) is 0.983. The lowest BCUT2D eigenvalue weighted by Crippen LogP contribution is -2.22. The van der Waals surface area contributed by atoms with Crippen molar-refractivity contribution in [2.24, 2.45) is 0 Å². The van der Waals surface area contributed by atoms with E-state index in [0.29, 0.717) is 19.4 Å². The molecule has 6 heteroatoms. The Morgan fingerprint density at radius 3 is 2.29 bits per heavy atom. The molecule has 0 aliphatic rings. The SMILES string of the molecule is CN(C)S(=O)(=O)c1ccc(CCNC=O)cc1. The van der Waals surface area contributed by atoms with Gasteiger partial charge in [0.05, 0.1) is 4.90 Å². The molecule has 94 valence electrons. The highest BCUT2D eigenvalue weighted by molar-refractivity contribution is 7.89. The first-order chi connectivity index (χ1) is 7.98. The minimum absolute atomic E-state index is 0.273. The van der Waals surface area contributed by atoms with Gasteiger partial charge in [-0.05, 0) is 24.1 Å². The van der Waals surface area contributed by atoms with Gasteiger partial charge in [0.2, 0.25) is 16.4 Å². The smallest absolute Gasteiger partial charge is 0.242 e. The van der Waals surface area contributed by atoms with Crippen LogP contribution in [0.15, 0.2) is 29.2 Å². The van der Waals surface area contributed by atoms with Gasteiger partial charge in [-0.2, -0.15) is 0 Å². The molecular formula is C11H16N2O3S. The molecule has 0 fully saturated rings. The fourth-order valence-electron chi connectivity index (χ4n) is 1.31. The molecule has 0 atom stereocenters. The Hall–Kier alpha value is -1.40. The Labute approximate surface area is 101 Å². The highest BCUT2D eigenvalue weighted by Crippen LogP contribution is 2.13. The number of hydrogen-bond acceptors (Lipinski definition) is 3. The number of nitrogens with one attached hydrogen (secondary N) is 1. The van der Waals surface area contributed by atoms with Gasteiger partial charge in [-0.25, -0.2) is 12.7 Å². The summed E-state index contributed by atoms with van der Waals surface area (Å²) in [5.74, 6) is 0. The van der Waals surface area contributed by atoms with Gasteiger partial charge in [-0.1, -0.05) is 12.1 Å². The van der Waals surface area contributed by atoms with Crippen LogP contribution in [0, 0.1) is 0 Å². The zero-order valence-corrected chi connectivity index (χ0v) is 10.7. The fraction of sp³-hybridized carbons (Fsp3) is 0.364. The maximum Gasteiger partial charge on any atom is 0.242 e. The highest BCUT2D eigenvalue weighted by Gasteiger charge is 2.16. The third-order valence-corrected chi connectivity index (χ3v) is 4.17. The predicted octanol–water partition coefficient (Wildman–Crippen LogP) is 0.225. The summed E-state index contributed by atoms with van der Waals surface area (Å²) < 4.78 is 24.7. The second-order valence-electron chi connectivity index (χ2n) is 3.75. The minimum atomic E-state index is -3.36. The van der Waals surface area contributed by atoms with Crippen molar-refractivity contribution in [3.63, 3.8) is 0 Å². The number of benzene rings is 1. The summed E-state index contributed by atoms with van der Waals surface area (Å²) in [7, 11) is -0.363. The molecule has 1 N–H and O–H groups in total. The topological polar surface area (TPSA) is 66.5 Å². The van der Waals surface area contributed by atoms with Gasteiger partial charge in [0, 0.05) is 20.6 Å². The molecular weight excluding hydrogens is 240 g/mol. The van der Waals surface area contributed by atoms with Crippen molar-refractivity contribution in [3.8, 4) is 0 Å². The quantitative estimate of drug-likeness (QED) is 0.585. The Kier molecular flexibility index (Phi) is 4.65. The number of nitrogens with zero attached hydrogens (tertiary/aromatic N) is 1. The number of amides is 1. The molecule has 0 aliphatic carbocycles. The number of hydrogen-bond donors (Lipinski definition) is 1. The third-order valence-electron chi connectivity index (χ3n) is 2.34. The second kappa shape index (κ2) is 5.79. The van der Waals surface area contributed by atoms with E-state index in [1.54, 1.807) is 24.3 Å². The lowest BCUT2D eigenvalue weighted by molar-refractivity contribution is -0.109. The highest BCUT2D eigenvalue weighted by atomic mass is 32.2. The lowest BCUT2D eigenvalue weighted by atomic mass is 10.1. The van der Waals surface area contributed by atoms with Crippen LogP contribution in [0.5, 0.6) is 0 Å². The Morgan fingerprint density at radius 1 is 1.24 bits per heavy atom. The molecule has 0 aliphatic heterocycles. The van der Waals surface area contributed by atoms with E-state index in [2.05, 4.69) is 5.32 Å². The monoisotopic (exact) mass is 256 g/mol. The molecule has 0 bridgehead atoms. The van der Waals surface area contributed by atoms with Crippen LogP contribution in [-0.4, -0.2) is 39.8 Å². The second-order valence-corrected chi connectivity index (χ2v) is 5.91. The van der Waals surface area contributed by atoms with Crippen molar-refractivity contribution < 1.29 is 13.2 Å². The van der Waals surface area contributed by atoms with Gasteiger partial charge in [0.15, 0.2) is 0 Å². The Bertz CT molecular complexity index is 466. The first-order valence-electron chi connectivity index (χ1n) is 5.17. The van der Waals surface area contributed by atoms with Gasteiger partial charge < -0.3 is 5.32 Å². The first-order valence-corrected chi connectivity index (χ1v) is 6.61. The van der Waals surface area contributed by atoms with Gasteiger partial charge in [-0.15, -0.1) is 0 Å². The van der Waals surface area contributed by atoms with E-state index in [4.69, 9.17) is 0 Å². The zero-order chi connectivity index (χ0) is 12.9. The predicted molar refractivity (Wildman–Crippen MR) is 65.1 cm³/mol. The summed E-state index contributed by atoms with van der Waals surface area (Å²) in [6, 6.07) is 6.66. The maximum absolute atomic E-state index is 11.8. The van der Waals surface area contributed by atoms with E-state index in [0.717, 1.165) is 5.56 Å². The molecule has 0 spiro atoms. The molecule has 0 saturated carbocycles. The number of carbonyl (C=O) groups excluding carboxylic acids is 1. The van der Waals surface area contributed by atoms with Crippen molar-refractivity contribution in [1.82, 2.24) is 9.62 Å². The van der Waals surface area contributed by atoms with Crippen molar-refractivity contribution >= 4 is 16.4 Å². The van der Waals surface area contributed by atoms with Gasteiger partial charge >= 0.3 is 0 Å². The molecule has 0 saturated heterocycles. The average Bonchev–Trinajstić information content (AvgIpc) is 2.30. The van der Waals surface area contributed by atoms with E-state index in [1.807, 2.05) is 0 Å². The van der Waals surface area contributed by atoms with Crippen LogP contribution in [0.4, 0.5) is 0 Å². The minimum Gasteiger partial charge on any atom is -0.358 e. The van der Waals surface area contributed by atoms with E-state index >= 15 is 0 Å². The van der Waals surface area contributed by atoms with Crippen molar-refractivity contribution in [2.75, 3.05) is 20.6 Å². The van der Waals surface area contributed by atoms with E-state index in [9.17, 15) is 13.2 Å². The van der Waals surface area contributed by atoms with Gasteiger partial charge in [-0.3, -0.25) is 4.79 Å². The number of rotatable bonds is 6. The summed E-state index contributed by atoms with van der Waals surface area (Å²) >= 11 is 0. The standard InChI is InChI=1S/C11H16N2O3S/c1-13(2)17(15,16)11-5-3-10(4-6-11)7-8-12-9-14/h3-6,9H,7-8H2,1-2H3,(H,12,14). The first kappa shape index (κ1) is 13.7. The molecule has 1 amide bonds. The molecule has 0 heterocycles. The molecule has 1 aromatic rings. The van der Waals surface area contributed by atoms with Crippen LogP contribution in [0.1, 0.15) is 5.56 Å². The zero-order valence-electron chi connectivity index (χ0n) is 9.88. The fourth-order valence-corrected chi connectivity index (χ4v) is 2.22. The van der Waals surface area contributed by atoms with Crippen LogP contribution in [-0.2, 0) is 21.2 Å². The lowest BCUT2D eigenvalue weighted by Gasteiger charge is -2.11. The van der Waals surface area contributed by atoms with E-state index in [-0.39, 0.29) is 4.90 Å². The molecule has 0 unspecified atom stereocenters.